The molecule has 0 atom stereocenters. The molecule has 2 aromatic heterocycles. The summed E-state index contributed by atoms with van der Waals surface area (Å²) in [7, 11) is 0. The lowest BCUT2D eigenvalue weighted by Crippen LogP contribution is -2.46. The predicted molar refractivity (Wildman–Crippen MR) is 108 cm³/mol. The quantitative estimate of drug-likeness (QED) is 0.746. The van der Waals surface area contributed by atoms with Crippen LogP contribution in [0.3, 0.4) is 0 Å². The molecule has 0 N–H and O–H groups in total. The van der Waals surface area contributed by atoms with Crippen LogP contribution in [-0.4, -0.2) is 57.2 Å². The Kier molecular flexibility index (Phi) is 5.26. The second kappa shape index (κ2) is 8.06. The van der Waals surface area contributed by atoms with Crippen LogP contribution < -0.4 is 0 Å². The summed E-state index contributed by atoms with van der Waals surface area (Å²) < 4.78 is 11.2. The van der Waals surface area contributed by atoms with Gasteiger partial charge in [-0.1, -0.05) is 18.0 Å². The van der Waals surface area contributed by atoms with Crippen molar-refractivity contribution in [2.75, 3.05) is 26.3 Å². The number of hydrogen-bond acceptors (Lipinski definition) is 7. The van der Waals surface area contributed by atoms with Gasteiger partial charge in [-0.3, -0.25) is 9.78 Å². The van der Waals surface area contributed by atoms with Crippen LogP contribution in [-0.2, 0) is 10.2 Å². The third-order valence-electron chi connectivity index (χ3n) is 6.87. The summed E-state index contributed by atoms with van der Waals surface area (Å²) in [6.45, 7) is 4.75. The molecule has 3 aliphatic rings. The van der Waals surface area contributed by atoms with E-state index in [0.717, 1.165) is 68.6 Å². The Morgan fingerprint density at radius 2 is 1.90 bits per heavy atom. The number of likely N-dealkylation sites (tertiary alicyclic amines) is 1. The minimum atomic E-state index is -0.0934. The van der Waals surface area contributed by atoms with Gasteiger partial charge in [0.1, 0.15) is 5.69 Å². The summed E-state index contributed by atoms with van der Waals surface area (Å²) in [5.74, 6) is 2.62. The molecule has 0 spiro atoms. The van der Waals surface area contributed by atoms with Crippen molar-refractivity contribution in [1.82, 2.24) is 25.0 Å². The molecule has 30 heavy (non-hydrogen) atoms. The van der Waals surface area contributed by atoms with Crippen LogP contribution in [0.4, 0.5) is 0 Å². The Balaban J connectivity index is 1.31. The average Bonchev–Trinajstić information content (AvgIpc) is 3.45. The van der Waals surface area contributed by atoms with Gasteiger partial charge in [0.2, 0.25) is 5.89 Å². The molecule has 4 heterocycles. The van der Waals surface area contributed by atoms with Gasteiger partial charge in [0.25, 0.3) is 5.91 Å². The minimum absolute atomic E-state index is 0.0430. The molecule has 2 aliphatic heterocycles. The van der Waals surface area contributed by atoms with Crippen LogP contribution in [0.25, 0.3) is 0 Å². The first-order valence-corrected chi connectivity index (χ1v) is 11.1. The van der Waals surface area contributed by atoms with Gasteiger partial charge in [-0.15, -0.1) is 0 Å². The minimum Gasteiger partial charge on any atom is -0.381 e. The summed E-state index contributed by atoms with van der Waals surface area (Å²) >= 11 is 0. The van der Waals surface area contributed by atoms with Gasteiger partial charge in [-0.25, -0.2) is 4.98 Å². The third-order valence-corrected chi connectivity index (χ3v) is 6.87. The van der Waals surface area contributed by atoms with Gasteiger partial charge in [0, 0.05) is 43.8 Å². The van der Waals surface area contributed by atoms with Crippen LogP contribution in [0.1, 0.15) is 78.8 Å². The number of ether oxygens (including phenoxy) is 1. The fourth-order valence-corrected chi connectivity index (χ4v) is 4.76. The number of carbonyl (C=O) groups excluding carboxylic acids is 1. The molecule has 0 bridgehead atoms. The Morgan fingerprint density at radius 1 is 1.13 bits per heavy atom. The molecule has 0 radical (unpaired) electrons. The normalized spacial score (nSPS) is 22.2. The van der Waals surface area contributed by atoms with E-state index in [1.54, 1.807) is 12.4 Å². The maximum Gasteiger partial charge on any atom is 0.274 e. The molecule has 160 valence electrons. The lowest BCUT2D eigenvalue weighted by molar-refractivity contribution is 0.0639. The van der Waals surface area contributed by atoms with Crippen molar-refractivity contribution in [2.24, 2.45) is 5.92 Å². The van der Waals surface area contributed by atoms with Gasteiger partial charge in [-0.2, -0.15) is 4.98 Å². The lowest BCUT2D eigenvalue weighted by Gasteiger charge is -2.40. The zero-order chi connectivity index (χ0) is 20.6. The fourth-order valence-electron chi connectivity index (χ4n) is 4.76. The van der Waals surface area contributed by atoms with Crippen LogP contribution >= 0.6 is 0 Å². The Hall–Kier alpha value is -2.35. The van der Waals surface area contributed by atoms with Crippen molar-refractivity contribution in [3.05, 3.63) is 35.5 Å². The number of aryl methyl sites for hydroxylation is 1. The molecule has 2 saturated heterocycles. The number of nitrogens with zero attached hydrogens (tertiary/aromatic N) is 5. The highest BCUT2D eigenvalue weighted by molar-refractivity contribution is 5.92. The number of hydrogen-bond donors (Lipinski definition) is 0. The largest absolute Gasteiger partial charge is 0.381 e. The van der Waals surface area contributed by atoms with Crippen LogP contribution in [0, 0.1) is 12.8 Å². The Labute approximate surface area is 176 Å². The van der Waals surface area contributed by atoms with Crippen molar-refractivity contribution in [1.29, 1.82) is 0 Å². The maximum atomic E-state index is 12.9. The van der Waals surface area contributed by atoms with E-state index < -0.39 is 0 Å². The number of rotatable bonds is 5. The second-order valence-electron chi connectivity index (χ2n) is 9.11. The second-order valence-corrected chi connectivity index (χ2v) is 9.11. The number of aromatic nitrogens is 4. The van der Waals surface area contributed by atoms with Gasteiger partial charge >= 0.3 is 0 Å². The van der Waals surface area contributed by atoms with E-state index >= 15 is 0 Å². The van der Waals surface area contributed by atoms with Crippen LogP contribution in [0.5, 0.6) is 0 Å². The Morgan fingerprint density at radius 3 is 2.57 bits per heavy atom. The molecule has 8 nitrogen and oxygen atoms in total. The average molecular weight is 412 g/mol. The summed E-state index contributed by atoms with van der Waals surface area (Å²) in [5, 5.41) is 4.45. The van der Waals surface area contributed by atoms with E-state index in [4.69, 9.17) is 14.2 Å². The summed E-state index contributed by atoms with van der Waals surface area (Å²) in [6.07, 6.45) is 10.5. The van der Waals surface area contributed by atoms with Gasteiger partial charge in [0.05, 0.1) is 11.9 Å². The van der Waals surface area contributed by atoms with E-state index in [1.807, 2.05) is 11.8 Å². The lowest BCUT2D eigenvalue weighted by atomic mass is 9.73. The van der Waals surface area contributed by atoms with E-state index in [-0.39, 0.29) is 11.3 Å². The third kappa shape index (κ3) is 3.97. The van der Waals surface area contributed by atoms with E-state index in [9.17, 15) is 4.79 Å². The smallest absolute Gasteiger partial charge is 0.274 e. The first-order chi connectivity index (χ1) is 14.6. The summed E-state index contributed by atoms with van der Waals surface area (Å²) in [4.78, 5) is 28.1. The van der Waals surface area contributed by atoms with E-state index in [0.29, 0.717) is 24.7 Å². The maximum absolute atomic E-state index is 12.9. The number of amides is 1. The number of piperidine rings is 1. The highest BCUT2D eigenvalue weighted by Gasteiger charge is 2.45. The Bertz CT molecular complexity index is 878. The highest BCUT2D eigenvalue weighted by Crippen LogP contribution is 2.47. The summed E-state index contributed by atoms with van der Waals surface area (Å²) in [5.41, 5.74) is 1.13. The van der Waals surface area contributed by atoms with Gasteiger partial charge in [0.15, 0.2) is 5.82 Å². The molecule has 1 saturated carbocycles. The molecule has 8 heteroatoms. The molecule has 2 aromatic rings. The molecule has 1 amide bonds. The van der Waals surface area contributed by atoms with E-state index in [1.165, 1.54) is 12.8 Å². The zero-order valence-corrected chi connectivity index (χ0v) is 17.5. The van der Waals surface area contributed by atoms with Crippen molar-refractivity contribution in [3.8, 4) is 0 Å². The van der Waals surface area contributed by atoms with E-state index in [2.05, 4.69) is 15.1 Å². The topological polar surface area (TPSA) is 94.2 Å². The highest BCUT2D eigenvalue weighted by atomic mass is 16.5. The molecular weight excluding hydrogens is 382 g/mol. The standard InChI is InChI=1S/C22H29N5O3/c1-15-13-24-18(14-23-15)20(28)27-8-6-22(7-9-27,12-16-2-3-16)21-25-19(30-26-21)17-4-10-29-11-5-17/h13-14,16-17H,2-12H2,1H3. The molecule has 0 unspecified atom stereocenters. The van der Waals surface area contributed by atoms with Gasteiger partial charge < -0.3 is 14.2 Å². The molecule has 1 aliphatic carbocycles. The molecule has 3 fully saturated rings. The summed E-state index contributed by atoms with van der Waals surface area (Å²) in [6, 6.07) is 0. The first kappa shape index (κ1) is 19.6. The van der Waals surface area contributed by atoms with Gasteiger partial charge in [-0.05, 0) is 44.9 Å². The molecule has 5 rings (SSSR count). The zero-order valence-electron chi connectivity index (χ0n) is 17.5. The monoisotopic (exact) mass is 411 g/mol. The van der Waals surface area contributed by atoms with Crippen molar-refractivity contribution in [2.45, 2.75) is 63.2 Å². The predicted octanol–water partition coefficient (Wildman–Crippen LogP) is 3.04. The first-order valence-electron chi connectivity index (χ1n) is 11.1. The van der Waals surface area contributed by atoms with Crippen molar-refractivity contribution < 1.29 is 14.1 Å². The SMILES string of the molecule is Cc1cnc(C(=O)N2CCC(CC3CC3)(c3noc(C4CCOCC4)n3)CC2)cn1. The fraction of sp³-hybridized carbons (Fsp3) is 0.682. The number of carbonyl (C=O) groups is 1. The van der Waals surface area contributed by atoms with Crippen LogP contribution in [0.15, 0.2) is 16.9 Å². The molecular formula is C22H29N5O3. The molecule has 0 aromatic carbocycles. The van der Waals surface area contributed by atoms with Crippen molar-refractivity contribution in [3.63, 3.8) is 0 Å². The van der Waals surface area contributed by atoms with Crippen LogP contribution in [0.2, 0.25) is 0 Å². The van der Waals surface area contributed by atoms with Crippen molar-refractivity contribution >= 4 is 5.91 Å².